The van der Waals surface area contributed by atoms with E-state index >= 15 is 0 Å². The number of halogens is 2. The molecule has 2 heterocycles. The number of piperidine rings is 1. The average Bonchev–Trinajstić information content (AvgIpc) is 2.66. The normalized spacial score (nSPS) is 16.5. The summed E-state index contributed by atoms with van der Waals surface area (Å²) in [6.45, 7) is 1.72. The van der Waals surface area contributed by atoms with E-state index in [1.807, 2.05) is 0 Å². The Morgan fingerprint density at radius 1 is 1.29 bits per heavy atom. The molecular formula is C16H27Cl2N5O4S. The van der Waals surface area contributed by atoms with Crippen LogP contribution in [0.4, 0.5) is 0 Å². The lowest BCUT2D eigenvalue weighted by Gasteiger charge is -2.32. The van der Waals surface area contributed by atoms with Crippen molar-refractivity contribution in [2.24, 2.45) is 11.7 Å². The lowest BCUT2D eigenvalue weighted by atomic mass is 9.97. The van der Waals surface area contributed by atoms with Gasteiger partial charge in [-0.15, -0.1) is 24.8 Å². The molecule has 1 aliphatic heterocycles. The van der Waals surface area contributed by atoms with Crippen molar-refractivity contribution in [1.82, 2.24) is 19.9 Å². The molecule has 12 heteroatoms. The lowest BCUT2D eigenvalue weighted by Crippen LogP contribution is -2.46. The number of rotatable bonds is 8. The first kappa shape index (κ1) is 26.5. The topological polar surface area (TPSA) is 134 Å². The molecule has 0 aliphatic carbocycles. The lowest BCUT2D eigenvalue weighted by molar-refractivity contribution is -0.135. The number of carbonyl (C=O) groups is 2. The highest BCUT2D eigenvalue weighted by molar-refractivity contribution is 7.89. The predicted molar refractivity (Wildman–Crippen MR) is 110 cm³/mol. The molecule has 2 amide bonds. The van der Waals surface area contributed by atoms with Crippen LogP contribution in [0.1, 0.15) is 19.3 Å². The summed E-state index contributed by atoms with van der Waals surface area (Å²) < 4.78 is 26.6. The van der Waals surface area contributed by atoms with Crippen molar-refractivity contribution in [3.63, 3.8) is 0 Å². The van der Waals surface area contributed by atoms with Gasteiger partial charge in [0, 0.05) is 51.5 Å². The van der Waals surface area contributed by atoms with Gasteiger partial charge >= 0.3 is 0 Å². The Balaban J connectivity index is 0.00000364. The van der Waals surface area contributed by atoms with Crippen LogP contribution >= 0.6 is 24.8 Å². The molecule has 0 aromatic carbocycles. The molecular weight excluding hydrogens is 429 g/mol. The van der Waals surface area contributed by atoms with E-state index < -0.39 is 10.0 Å². The fourth-order valence-electron chi connectivity index (χ4n) is 2.80. The number of nitrogens with two attached hydrogens (primary N) is 1. The van der Waals surface area contributed by atoms with E-state index in [2.05, 4.69) is 15.0 Å². The first-order valence-corrected chi connectivity index (χ1v) is 10.1. The van der Waals surface area contributed by atoms with Crippen molar-refractivity contribution >= 4 is 46.7 Å². The summed E-state index contributed by atoms with van der Waals surface area (Å²) in [5.41, 5.74) is 5.37. The van der Waals surface area contributed by atoms with Crippen LogP contribution in [0.15, 0.2) is 29.4 Å². The molecule has 1 unspecified atom stereocenters. The molecule has 160 valence electrons. The smallest absolute Gasteiger partial charge is 0.242 e. The summed E-state index contributed by atoms with van der Waals surface area (Å²) in [6.07, 6.45) is 4.25. The largest absolute Gasteiger partial charge is 0.355 e. The molecule has 9 nitrogen and oxygen atoms in total. The maximum atomic E-state index is 12.3. The van der Waals surface area contributed by atoms with Gasteiger partial charge in [0.25, 0.3) is 0 Å². The molecule has 0 bridgehead atoms. The summed E-state index contributed by atoms with van der Waals surface area (Å²) in [7, 11) is -3.68. The average molecular weight is 456 g/mol. The van der Waals surface area contributed by atoms with Crippen LogP contribution in [0.25, 0.3) is 0 Å². The van der Waals surface area contributed by atoms with Gasteiger partial charge in [-0.2, -0.15) is 0 Å². The molecule has 1 aliphatic rings. The molecule has 1 atom stereocenters. The maximum Gasteiger partial charge on any atom is 0.242 e. The van der Waals surface area contributed by atoms with Gasteiger partial charge in [-0.05, 0) is 25.0 Å². The third kappa shape index (κ3) is 7.88. The zero-order valence-corrected chi connectivity index (χ0v) is 17.8. The second-order valence-electron chi connectivity index (χ2n) is 6.10. The Bertz CT molecular complexity index is 721. The number of hydrogen-bond acceptors (Lipinski definition) is 6. The van der Waals surface area contributed by atoms with Gasteiger partial charge in [0.05, 0.1) is 5.92 Å². The fourth-order valence-corrected chi connectivity index (χ4v) is 3.79. The highest BCUT2D eigenvalue weighted by Crippen LogP contribution is 2.17. The summed E-state index contributed by atoms with van der Waals surface area (Å²) >= 11 is 0. The number of sulfonamides is 1. The fraction of sp³-hybridized carbons (Fsp3) is 0.562. The Morgan fingerprint density at radius 2 is 2.04 bits per heavy atom. The van der Waals surface area contributed by atoms with Crippen molar-refractivity contribution in [3.8, 4) is 0 Å². The second kappa shape index (κ2) is 12.9. The molecule has 1 fully saturated rings. The third-order valence-corrected chi connectivity index (χ3v) is 5.61. The van der Waals surface area contributed by atoms with Gasteiger partial charge in [-0.25, -0.2) is 13.1 Å². The van der Waals surface area contributed by atoms with Crippen LogP contribution in [-0.2, 0) is 19.6 Å². The van der Waals surface area contributed by atoms with Gasteiger partial charge < -0.3 is 16.0 Å². The Morgan fingerprint density at radius 3 is 2.68 bits per heavy atom. The van der Waals surface area contributed by atoms with Crippen molar-refractivity contribution < 1.29 is 18.0 Å². The summed E-state index contributed by atoms with van der Waals surface area (Å²) in [5, 5.41) is 2.74. The minimum absolute atomic E-state index is 0. The molecule has 0 spiro atoms. The molecule has 0 saturated carbocycles. The molecule has 4 N–H and O–H groups in total. The van der Waals surface area contributed by atoms with Crippen molar-refractivity contribution in [2.45, 2.75) is 24.2 Å². The number of hydrogen-bond donors (Lipinski definition) is 3. The van der Waals surface area contributed by atoms with Gasteiger partial charge in [-0.1, -0.05) is 0 Å². The number of carbonyl (C=O) groups excluding carboxylic acids is 2. The zero-order chi connectivity index (χ0) is 19.0. The summed E-state index contributed by atoms with van der Waals surface area (Å²) in [5.74, 6) is -0.508. The van der Waals surface area contributed by atoms with Crippen molar-refractivity contribution in [2.75, 3.05) is 32.7 Å². The van der Waals surface area contributed by atoms with Crippen LogP contribution < -0.4 is 15.8 Å². The monoisotopic (exact) mass is 455 g/mol. The van der Waals surface area contributed by atoms with E-state index in [1.165, 1.54) is 24.5 Å². The molecule has 1 saturated heterocycles. The molecule has 28 heavy (non-hydrogen) atoms. The van der Waals surface area contributed by atoms with E-state index in [9.17, 15) is 18.0 Å². The number of aromatic nitrogens is 1. The van der Waals surface area contributed by atoms with Crippen LogP contribution in [-0.4, -0.2) is 62.8 Å². The minimum Gasteiger partial charge on any atom is -0.355 e. The third-order valence-electron chi connectivity index (χ3n) is 4.16. The van der Waals surface area contributed by atoms with Crippen molar-refractivity contribution in [1.29, 1.82) is 0 Å². The van der Waals surface area contributed by atoms with Gasteiger partial charge in [0.15, 0.2) is 0 Å². The minimum atomic E-state index is -3.68. The maximum absolute atomic E-state index is 12.3. The van der Waals surface area contributed by atoms with E-state index in [0.29, 0.717) is 26.2 Å². The summed E-state index contributed by atoms with van der Waals surface area (Å²) in [4.78, 5) is 29.8. The first-order valence-electron chi connectivity index (χ1n) is 8.59. The SMILES string of the molecule is Cl.Cl.NCCNC(=O)C1CCCN(C(=O)CCNS(=O)(=O)c2cccnc2)C1. The van der Waals surface area contributed by atoms with E-state index in [-0.39, 0.29) is 60.4 Å². The van der Waals surface area contributed by atoms with E-state index in [1.54, 1.807) is 4.90 Å². The quantitative estimate of drug-likeness (QED) is 0.501. The standard InChI is InChI=1S/C16H25N5O4S.2ClH/c17-6-9-19-16(23)13-3-2-10-21(12-13)15(22)5-8-20-26(24,25)14-4-1-7-18-11-14;;/h1,4,7,11,13,20H,2-3,5-6,8-10,12,17H2,(H,19,23);2*1H. The van der Waals surface area contributed by atoms with Gasteiger partial charge in [0.1, 0.15) is 4.90 Å². The van der Waals surface area contributed by atoms with Gasteiger partial charge in [-0.3, -0.25) is 14.6 Å². The highest BCUT2D eigenvalue weighted by Gasteiger charge is 2.28. The second-order valence-corrected chi connectivity index (χ2v) is 7.86. The van der Waals surface area contributed by atoms with Gasteiger partial charge in [0.2, 0.25) is 21.8 Å². The van der Waals surface area contributed by atoms with E-state index in [4.69, 9.17) is 5.73 Å². The number of nitrogens with zero attached hydrogens (tertiary/aromatic N) is 2. The number of nitrogens with one attached hydrogen (secondary N) is 2. The molecule has 1 aromatic rings. The van der Waals surface area contributed by atoms with Crippen LogP contribution in [0.5, 0.6) is 0 Å². The van der Waals surface area contributed by atoms with E-state index in [0.717, 1.165) is 12.8 Å². The van der Waals surface area contributed by atoms with Crippen molar-refractivity contribution in [3.05, 3.63) is 24.5 Å². The van der Waals surface area contributed by atoms with Crippen LogP contribution in [0.3, 0.4) is 0 Å². The number of pyridine rings is 1. The number of likely N-dealkylation sites (tertiary alicyclic amines) is 1. The Hall–Kier alpha value is -1.46. The zero-order valence-electron chi connectivity index (χ0n) is 15.4. The Labute approximate surface area is 177 Å². The van der Waals surface area contributed by atoms with Crippen LogP contribution in [0.2, 0.25) is 0 Å². The summed E-state index contributed by atoms with van der Waals surface area (Å²) in [6, 6.07) is 2.97. The molecule has 1 aromatic heterocycles. The Kier molecular flexibility index (Phi) is 12.2. The van der Waals surface area contributed by atoms with Crippen LogP contribution in [0, 0.1) is 5.92 Å². The molecule has 0 radical (unpaired) electrons. The molecule has 2 rings (SSSR count). The number of amides is 2. The highest BCUT2D eigenvalue weighted by atomic mass is 35.5. The first-order chi connectivity index (χ1) is 12.4. The predicted octanol–water partition coefficient (Wildman–Crippen LogP) is -0.0929.